The van der Waals surface area contributed by atoms with Gasteiger partial charge in [-0.15, -0.1) is 0 Å². The molecule has 1 heterocycles. The van der Waals surface area contributed by atoms with Crippen LogP contribution in [0.15, 0.2) is 34.6 Å². The zero-order chi connectivity index (χ0) is 10.8. The number of nitrogens with zero attached hydrogens (tertiary/aromatic N) is 1. The van der Waals surface area contributed by atoms with E-state index < -0.39 is 0 Å². The first-order valence-corrected chi connectivity index (χ1v) is 5.50. The molecule has 0 fully saturated rings. The maximum absolute atomic E-state index is 12.9. The maximum Gasteiger partial charge on any atom is 0.307 e. The molecule has 78 valence electrons. The largest absolute Gasteiger partial charge is 0.307 e. The molecule has 0 radical (unpaired) electrons. The number of halogens is 2. The Morgan fingerprint density at radius 1 is 1.47 bits per heavy atom. The predicted molar refractivity (Wildman–Crippen MR) is 59.1 cm³/mol. The summed E-state index contributed by atoms with van der Waals surface area (Å²) in [4.78, 5) is 11.2. The molecule has 0 atom stereocenters. The summed E-state index contributed by atoms with van der Waals surface area (Å²) in [6.07, 6.45) is 1.66. The van der Waals surface area contributed by atoms with Crippen molar-refractivity contribution in [3.8, 4) is 0 Å². The van der Waals surface area contributed by atoms with E-state index in [9.17, 15) is 9.18 Å². The number of rotatable bonds is 2. The van der Waals surface area contributed by atoms with Gasteiger partial charge in [-0.3, -0.25) is 4.79 Å². The quantitative estimate of drug-likeness (QED) is 0.795. The van der Waals surface area contributed by atoms with E-state index in [4.69, 9.17) is 11.6 Å². The average molecular weight is 244 g/mol. The summed E-state index contributed by atoms with van der Waals surface area (Å²) in [5, 5.41) is 2.16. The van der Waals surface area contributed by atoms with Crippen molar-refractivity contribution in [2.24, 2.45) is 0 Å². The van der Waals surface area contributed by atoms with Crippen molar-refractivity contribution in [1.29, 1.82) is 0 Å². The Balaban J connectivity index is 2.36. The molecule has 1 aromatic carbocycles. The van der Waals surface area contributed by atoms with Gasteiger partial charge in [0.25, 0.3) is 0 Å². The van der Waals surface area contributed by atoms with Gasteiger partial charge in [-0.2, -0.15) is 0 Å². The minimum Gasteiger partial charge on any atom is -0.301 e. The van der Waals surface area contributed by atoms with Crippen LogP contribution in [0.1, 0.15) is 5.56 Å². The van der Waals surface area contributed by atoms with Crippen molar-refractivity contribution in [2.45, 2.75) is 6.54 Å². The second-order valence-corrected chi connectivity index (χ2v) is 4.30. The Hall–Kier alpha value is -1.13. The summed E-state index contributed by atoms with van der Waals surface area (Å²) in [7, 11) is 0. The standard InChI is InChI=1S/C10H7ClFNOS/c11-9-2-1-8(12)5-7(9)6-13-3-4-15-10(13)14/h1-5H,6H2. The number of thiazole rings is 1. The molecule has 5 heteroatoms. The molecule has 0 amide bonds. The maximum atomic E-state index is 12.9. The van der Waals surface area contributed by atoms with E-state index >= 15 is 0 Å². The Kier molecular flexibility index (Phi) is 2.88. The van der Waals surface area contributed by atoms with Crippen LogP contribution in [-0.4, -0.2) is 4.57 Å². The fourth-order valence-corrected chi connectivity index (χ4v) is 2.02. The van der Waals surface area contributed by atoms with Crippen molar-refractivity contribution < 1.29 is 4.39 Å². The topological polar surface area (TPSA) is 22.0 Å². The average Bonchev–Trinajstić information content (AvgIpc) is 2.58. The van der Waals surface area contributed by atoms with Crippen LogP contribution in [0.4, 0.5) is 4.39 Å². The number of aromatic nitrogens is 1. The van der Waals surface area contributed by atoms with E-state index in [1.54, 1.807) is 11.6 Å². The Morgan fingerprint density at radius 2 is 2.27 bits per heavy atom. The zero-order valence-electron chi connectivity index (χ0n) is 7.61. The van der Waals surface area contributed by atoms with E-state index in [2.05, 4.69) is 0 Å². The Morgan fingerprint density at radius 3 is 2.93 bits per heavy atom. The van der Waals surface area contributed by atoms with Gasteiger partial charge in [-0.05, 0) is 23.8 Å². The van der Waals surface area contributed by atoms with Crippen LogP contribution < -0.4 is 4.87 Å². The molecular weight excluding hydrogens is 237 g/mol. The first kappa shape index (κ1) is 10.4. The van der Waals surface area contributed by atoms with Crippen LogP contribution >= 0.6 is 22.9 Å². The van der Waals surface area contributed by atoms with Crippen molar-refractivity contribution in [1.82, 2.24) is 4.57 Å². The SMILES string of the molecule is O=c1sccn1Cc1cc(F)ccc1Cl. The molecule has 0 aliphatic heterocycles. The highest BCUT2D eigenvalue weighted by molar-refractivity contribution is 7.07. The lowest BCUT2D eigenvalue weighted by Crippen LogP contribution is -2.12. The summed E-state index contributed by atoms with van der Waals surface area (Å²) >= 11 is 6.99. The van der Waals surface area contributed by atoms with Gasteiger partial charge in [0.05, 0.1) is 6.54 Å². The molecular formula is C10H7ClFNOS. The summed E-state index contributed by atoms with van der Waals surface area (Å²) in [6, 6.07) is 4.12. The van der Waals surface area contributed by atoms with E-state index in [1.807, 2.05) is 0 Å². The van der Waals surface area contributed by atoms with E-state index in [-0.39, 0.29) is 10.7 Å². The van der Waals surface area contributed by atoms with Gasteiger partial charge >= 0.3 is 4.87 Å². The molecule has 15 heavy (non-hydrogen) atoms. The molecule has 0 N–H and O–H groups in total. The van der Waals surface area contributed by atoms with Crippen LogP contribution in [-0.2, 0) is 6.54 Å². The van der Waals surface area contributed by atoms with Gasteiger partial charge in [0.1, 0.15) is 5.82 Å². The lowest BCUT2D eigenvalue weighted by atomic mass is 10.2. The monoisotopic (exact) mass is 243 g/mol. The molecule has 0 spiro atoms. The molecule has 2 rings (SSSR count). The zero-order valence-corrected chi connectivity index (χ0v) is 9.19. The van der Waals surface area contributed by atoms with Crippen LogP contribution in [0, 0.1) is 5.82 Å². The Labute approximate surface area is 94.6 Å². The molecule has 0 aliphatic carbocycles. The van der Waals surface area contributed by atoms with Gasteiger partial charge in [-0.25, -0.2) is 4.39 Å². The highest BCUT2D eigenvalue weighted by atomic mass is 35.5. The van der Waals surface area contributed by atoms with Gasteiger partial charge in [0.15, 0.2) is 0 Å². The molecule has 2 nitrogen and oxygen atoms in total. The molecule has 2 aromatic rings. The normalized spacial score (nSPS) is 10.5. The van der Waals surface area contributed by atoms with Gasteiger partial charge in [0, 0.05) is 16.6 Å². The highest BCUT2D eigenvalue weighted by Crippen LogP contribution is 2.17. The van der Waals surface area contributed by atoms with E-state index in [1.165, 1.54) is 22.8 Å². The lowest BCUT2D eigenvalue weighted by molar-refractivity contribution is 0.623. The van der Waals surface area contributed by atoms with Gasteiger partial charge in [0.2, 0.25) is 0 Å². The fourth-order valence-electron chi connectivity index (χ4n) is 1.26. The van der Waals surface area contributed by atoms with Crippen LogP contribution in [0.3, 0.4) is 0 Å². The summed E-state index contributed by atoms with van der Waals surface area (Å²) in [5.74, 6) is -0.349. The first-order chi connectivity index (χ1) is 7.16. The summed E-state index contributed by atoms with van der Waals surface area (Å²) in [6.45, 7) is 0.304. The van der Waals surface area contributed by atoms with E-state index in [0.717, 1.165) is 11.3 Å². The number of hydrogen-bond acceptors (Lipinski definition) is 2. The predicted octanol–water partition coefficient (Wildman–Crippen LogP) is 2.75. The second-order valence-electron chi connectivity index (χ2n) is 3.03. The van der Waals surface area contributed by atoms with Crippen LogP contribution in [0.25, 0.3) is 0 Å². The summed E-state index contributed by atoms with van der Waals surface area (Å²) in [5.41, 5.74) is 0.608. The lowest BCUT2D eigenvalue weighted by Gasteiger charge is -2.04. The van der Waals surface area contributed by atoms with Gasteiger partial charge in [-0.1, -0.05) is 22.9 Å². The highest BCUT2D eigenvalue weighted by Gasteiger charge is 2.04. The molecule has 0 saturated heterocycles. The smallest absolute Gasteiger partial charge is 0.301 e. The van der Waals surface area contributed by atoms with Crippen molar-refractivity contribution >= 4 is 22.9 Å². The van der Waals surface area contributed by atoms with Crippen LogP contribution in [0.5, 0.6) is 0 Å². The third-order valence-electron chi connectivity index (χ3n) is 1.99. The summed E-state index contributed by atoms with van der Waals surface area (Å²) < 4.78 is 14.4. The van der Waals surface area contributed by atoms with Crippen molar-refractivity contribution in [3.05, 3.63) is 55.8 Å². The first-order valence-electron chi connectivity index (χ1n) is 4.24. The third-order valence-corrected chi connectivity index (χ3v) is 3.06. The number of hydrogen-bond donors (Lipinski definition) is 0. The minimum absolute atomic E-state index is 0.0738. The minimum atomic E-state index is -0.349. The van der Waals surface area contributed by atoms with Crippen molar-refractivity contribution in [3.63, 3.8) is 0 Å². The third kappa shape index (κ3) is 2.27. The Bertz CT molecular complexity index is 534. The number of benzene rings is 1. The van der Waals surface area contributed by atoms with E-state index in [0.29, 0.717) is 17.1 Å². The molecule has 1 aromatic heterocycles. The molecule has 0 unspecified atom stereocenters. The molecule has 0 saturated carbocycles. The van der Waals surface area contributed by atoms with Crippen LogP contribution in [0.2, 0.25) is 5.02 Å². The molecule has 0 aliphatic rings. The van der Waals surface area contributed by atoms with Crippen molar-refractivity contribution in [2.75, 3.05) is 0 Å². The second kappa shape index (κ2) is 4.16. The van der Waals surface area contributed by atoms with Gasteiger partial charge < -0.3 is 4.57 Å². The molecule has 0 bridgehead atoms. The fraction of sp³-hybridized carbons (Fsp3) is 0.100.